The number of methoxy groups -OCH3 is 1. The fraction of sp³-hybridized carbons (Fsp3) is 0.182. The standard InChI is InChI=1S/C22H20N4O4/c1-14-13-23-22(28)26(14)17-5-3-4-16(12-17)21-24-20(30-25-21)11-10-19(27)15-6-8-18(29-2)9-7-15/h3-9,12-13H,10-11H2,1-2H3,(H,23,28). The number of aromatic nitrogens is 4. The number of imidazole rings is 1. The molecule has 152 valence electrons. The maximum atomic E-state index is 12.4. The predicted octanol–water partition coefficient (Wildman–Crippen LogP) is 3.35. The number of aromatic amines is 1. The van der Waals surface area contributed by atoms with Crippen LogP contribution < -0.4 is 10.4 Å². The van der Waals surface area contributed by atoms with Gasteiger partial charge in [-0.25, -0.2) is 4.79 Å². The lowest BCUT2D eigenvalue weighted by molar-refractivity contribution is 0.0979. The number of Topliss-reactive ketones (excluding diaryl/α,β-unsaturated/α-hetero) is 1. The highest BCUT2D eigenvalue weighted by molar-refractivity contribution is 5.96. The maximum Gasteiger partial charge on any atom is 0.330 e. The van der Waals surface area contributed by atoms with Crippen LogP contribution in [-0.4, -0.2) is 32.6 Å². The number of aryl methyl sites for hydroxylation is 2. The van der Waals surface area contributed by atoms with E-state index in [0.717, 1.165) is 11.3 Å². The van der Waals surface area contributed by atoms with Crippen LogP contribution in [0.3, 0.4) is 0 Å². The number of benzene rings is 2. The van der Waals surface area contributed by atoms with E-state index in [1.165, 1.54) is 0 Å². The molecule has 0 atom stereocenters. The number of carbonyl (C=O) groups is 1. The number of H-pyrrole nitrogens is 1. The predicted molar refractivity (Wildman–Crippen MR) is 110 cm³/mol. The first-order valence-electron chi connectivity index (χ1n) is 9.43. The van der Waals surface area contributed by atoms with E-state index in [9.17, 15) is 9.59 Å². The monoisotopic (exact) mass is 404 g/mol. The van der Waals surface area contributed by atoms with E-state index in [1.54, 1.807) is 42.1 Å². The lowest BCUT2D eigenvalue weighted by atomic mass is 10.1. The van der Waals surface area contributed by atoms with Crippen LogP contribution in [0, 0.1) is 6.92 Å². The van der Waals surface area contributed by atoms with Gasteiger partial charge in [0.05, 0.1) is 12.8 Å². The van der Waals surface area contributed by atoms with Gasteiger partial charge in [0.2, 0.25) is 11.7 Å². The van der Waals surface area contributed by atoms with Crippen molar-refractivity contribution in [2.24, 2.45) is 0 Å². The average molecular weight is 404 g/mol. The van der Waals surface area contributed by atoms with E-state index in [-0.39, 0.29) is 17.9 Å². The Morgan fingerprint density at radius 1 is 1.20 bits per heavy atom. The lowest BCUT2D eigenvalue weighted by Crippen LogP contribution is -2.15. The van der Waals surface area contributed by atoms with E-state index in [4.69, 9.17) is 9.26 Å². The van der Waals surface area contributed by atoms with Crippen molar-refractivity contribution in [2.75, 3.05) is 7.11 Å². The van der Waals surface area contributed by atoms with Crippen molar-refractivity contribution in [3.8, 4) is 22.8 Å². The Hall–Kier alpha value is -3.94. The van der Waals surface area contributed by atoms with Gasteiger partial charge in [0.15, 0.2) is 5.78 Å². The Labute approximate surface area is 172 Å². The summed E-state index contributed by atoms with van der Waals surface area (Å²) in [6.07, 6.45) is 2.25. The zero-order valence-electron chi connectivity index (χ0n) is 16.6. The van der Waals surface area contributed by atoms with Gasteiger partial charge < -0.3 is 14.2 Å². The molecule has 30 heavy (non-hydrogen) atoms. The van der Waals surface area contributed by atoms with E-state index in [1.807, 2.05) is 31.2 Å². The first-order valence-corrected chi connectivity index (χ1v) is 9.43. The number of ether oxygens (including phenoxy) is 1. The molecule has 0 aliphatic carbocycles. The van der Waals surface area contributed by atoms with E-state index in [2.05, 4.69) is 15.1 Å². The second-order valence-electron chi connectivity index (χ2n) is 6.78. The van der Waals surface area contributed by atoms with Gasteiger partial charge in [-0.2, -0.15) is 4.98 Å². The largest absolute Gasteiger partial charge is 0.497 e. The van der Waals surface area contributed by atoms with Crippen molar-refractivity contribution in [3.05, 3.63) is 82.4 Å². The first-order chi connectivity index (χ1) is 14.5. The first kappa shape index (κ1) is 19.4. The smallest absolute Gasteiger partial charge is 0.330 e. The van der Waals surface area contributed by atoms with Crippen LogP contribution in [0.2, 0.25) is 0 Å². The Balaban J connectivity index is 1.47. The number of nitrogens with one attached hydrogen (secondary N) is 1. The lowest BCUT2D eigenvalue weighted by Gasteiger charge is -2.05. The molecule has 0 spiro atoms. The second-order valence-corrected chi connectivity index (χ2v) is 6.78. The van der Waals surface area contributed by atoms with Crippen LogP contribution in [0.15, 0.2) is 64.0 Å². The van der Waals surface area contributed by atoms with Crippen LogP contribution in [-0.2, 0) is 6.42 Å². The number of rotatable bonds is 7. The molecule has 4 rings (SSSR count). The zero-order valence-corrected chi connectivity index (χ0v) is 16.6. The van der Waals surface area contributed by atoms with Crippen molar-refractivity contribution >= 4 is 5.78 Å². The van der Waals surface area contributed by atoms with Crippen LogP contribution >= 0.6 is 0 Å². The average Bonchev–Trinajstić information content (AvgIpc) is 3.38. The Morgan fingerprint density at radius 3 is 2.70 bits per heavy atom. The highest BCUT2D eigenvalue weighted by Crippen LogP contribution is 2.20. The van der Waals surface area contributed by atoms with E-state index in [0.29, 0.717) is 35.1 Å². The van der Waals surface area contributed by atoms with Crippen LogP contribution in [0.1, 0.15) is 28.4 Å². The molecule has 0 aliphatic rings. The fourth-order valence-electron chi connectivity index (χ4n) is 3.18. The van der Waals surface area contributed by atoms with Gasteiger partial charge in [0, 0.05) is 35.9 Å². The van der Waals surface area contributed by atoms with Gasteiger partial charge in [-0.3, -0.25) is 9.36 Å². The maximum absolute atomic E-state index is 12.4. The molecule has 0 bridgehead atoms. The minimum Gasteiger partial charge on any atom is -0.497 e. The van der Waals surface area contributed by atoms with Gasteiger partial charge in [-0.1, -0.05) is 17.3 Å². The zero-order chi connectivity index (χ0) is 21.1. The van der Waals surface area contributed by atoms with Gasteiger partial charge >= 0.3 is 5.69 Å². The highest BCUT2D eigenvalue weighted by atomic mass is 16.5. The minimum absolute atomic E-state index is 0.0123. The summed E-state index contributed by atoms with van der Waals surface area (Å²) in [7, 11) is 1.58. The fourth-order valence-corrected chi connectivity index (χ4v) is 3.18. The van der Waals surface area contributed by atoms with E-state index >= 15 is 0 Å². The quantitative estimate of drug-likeness (QED) is 0.474. The summed E-state index contributed by atoms with van der Waals surface area (Å²) in [5.74, 6) is 1.48. The van der Waals surface area contributed by atoms with Gasteiger partial charge in [0.25, 0.3) is 0 Å². The molecule has 2 aromatic heterocycles. The summed E-state index contributed by atoms with van der Waals surface area (Å²) in [6, 6.07) is 14.3. The SMILES string of the molecule is COc1ccc(C(=O)CCc2nc(-c3cccc(-n4c(C)c[nH]c4=O)c3)no2)cc1. The van der Waals surface area contributed by atoms with E-state index < -0.39 is 0 Å². The molecule has 0 saturated heterocycles. The molecule has 2 heterocycles. The normalized spacial score (nSPS) is 10.9. The third-order valence-electron chi connectivity index (χ3n) is 4.77. The molecule has 1 N–H and O–H groups in total. The van der Waals surface area contributed by atoms with Gasteiger partial charge in [-0.15, -0.1) is 0 Å². The van der Waals surface area contributed by atoms with Gasteiger partial charge in [0.1, 0.15) is 5.75 Å². The molecule has 0 aliphatic heterocycles. The molecule has 0 unspecified atom stereocenters. The summed E-state index contributed by atoms with van der Waals surface area (Å²) < 4.78 is 12.0. The summed E-state index contributed by atoms with van der Waals surface area (Å²) in [4.78, 5) is 31.4. The molecule has 8 nitrogen and oxygen atoms in total. The number of nitrogens with zero attached hydrogens (tertiary/aromatic N) is 3. The van der Waals surface area contributed by atoms with Crippen LogP contribution in [0.5, 0.6) is 5.75 Å². The summed E-state index contributed by atoms with van der Waals surface area (Å²) in [6.45, 7) is 1.84. The van der Waals surface area contributed by atoms with Crippen LogP contribution in [0.4, 0.5) is 0 Å². The molecular weight excluding hydrogens is 384 g/mol. The number of ketones is 1. The second kappa shape index (κ2) is 8.20. The Kier molecular flexibility index (Phi) is 5.30. The molecule has 0 saturated carbocycles. The van der Waals surface area contributed by atoms with Crippen LogP contribution in [0.25, 0.3) is 17.1 Å². The summed E-state index contributed by atoms with van der Waals surface area (Å²) >= 11 is 0. The third kappa shape index (κ3) is 3.93. The van der Waals surface area contributed by atoms with Crippen molar-refractivity contribution in [1.29, 1.82) is 0 Å². The Morgan fingerprint density at radius 2 is 2.00 bits per heavy atom. The van der Waals surface area contributed by atoms with Crippen molar-refractivity contribution in [2.45, 2.75) is 19.8 Å². The van der Waals surface area contributed by atoms with Gasteiger partial charge in [-0.05, 0) is 43.3 Å². The summed E-state index contributed by atoms with van der Waals surface area (Å²) in [5.41, 5.74) is 2.61. The molecular formula is C22H20N4O4. The minimum atomic E-state index is -0.213. The molecule has 0 amide bonds. The number of carbonyl (C=O) groups excluding carboxylic acids is 1. The topological polar surface area (TPSA) is 103 Å². The number of hydrogen-bond donors (Lipinski definition) is 1. The molecule has 2 aromatic carbocycles. The summed E-state index contributed by atoms with van der Waals surface area (Å²) in [5, 5.41) is 4.02. The molecule has 8 heteroatoms. The third-order valence-corrected chi connectivity index (χ3v) is 4.77. The van der Waals surface area contributed by atoms with Crippen molar-refractivity contribution in [1.82, 2.24) is 19.7 Å². The highest BCUT2D eigenvalue weighted by Gasteiger charge is 2.13. The Bertz CT molecular complexity index is 1230. The molecule has 0 radical (unpaired) electrons. The molecule has 0 fully saturated rings. The molecule has 4 aromatic rings. The van der Waals surface area contributed by atoms with Crippen molar-refractivity contribution < 1.29 is 14.1 Å². The number of hydrogen-bond acceptors (Lipinski definition) is 6. The van der Waals surface area contributed by atoms with Crippen molar-refractivity contribution in [3.63, 3.8) is 0 Å².